The summed E-state index contributed by atoms with van der Waals surface area (Å²) in [6.45, 7) is 3.12. The van der Waals surface area contributed by atoms with Crippen LogP contribution in [0.25, 0.3) is 0 Å². The highest BCUT2D eigenvalue weighted by Crippen LogP contribution is 2.11. The first-order chi connectivity index (χ1) is 9.79. The molecule has 0 saturated carbocycles. The van der Waals surface area contributed by atoms with E-state index in [1.807, 2.05) is 6.07 Å². The van der Waals surface area contributed by atoms with E-state index in [9.17, 15) is 4.79 Å². The minimum Gasteiger partial charge on any atom is -0.459 e. The molecule has 5 nitrogen and oxygen atoms in total. The minimum absolute atomic E-state index is 0.272. The molecule has 0 aromatic carbocycles. The second-order valence-electron chi connectivity index (χ2n) is 4.50. The Morgan fingerprint density at radius 1 is 1.30 bits per heavy atom. The van der Waals surface area contributed by atoms with Crippen molar-refractivity contribution in [2.75, 3.05) is 17.2 Å². The summed E-state index contributed by atoms with van der Waals surface area (Å²) in [6.07, 6.45) is 6.75. The Balaban J connectivity index is 1.83. The number of pyridine rings is 1. The summed E-state index contributed by atoms with van der Waals surface area (Å²) in [7, 11) is 0. The number of carbonyl (C=O) groups excluding carboxylic acids is 1. The van der Waals surface area contributed by atoms with Gasteiger partial charge in [-0.05, 0) is 30.7 Å². The van der Waals surface area contributed by atoms with E-state index in [0.29, 0.717) is 5.82 Å². The number of carbonyl (C=O) groups is 1. The summed E-state index contributed by atoms with van der Waals surface area (Å²) in [5, 5.41) is 5.97. The minimum atomic E-state index is -0.300. The number of rotatable bonds is 7. The fraction of sp³-hybridized carbons (Fsp3) is 0.333. The molecule has 0 fully saturated rings. The SMILES string of the molecule is CCCCCNc1ccc(NC(=O)c2ccco2)nc1. The molecule has 20 heavy (non-hydrogen) atoms. The maximum absolute atomic E-state index is 11.7. The normalized spacial score (nSPS) is 10.2. The number of aromatic nitrogens is 1. The zero-order valence-electron chi connectivity index (χ0n) is 11.6. The molecule has 0 atom stereocenters. The van der Waals surface area contributed by atoms with E-state index in [4.69, 9.17) is 4.42 Å². The number of furan rings is 1. The molecule has 0 aliphatic rings. The molecule has 106 valence electrons. The van der Waals surface area contributed by atoms with Gasteiger partial charge in [-0.15, -0.1) is 0 Å². The molecule has 5 heteroatoms. The monoisotopic (exact) mass is 273 g/mol. The summed E-state index contributed by atoms with van der Waals surface area (Å²) >= 11 is 0. The molecular formula is C15H19N3O2. The van der Waals surface area contributed by atoms with Crippen molar-refractivity contribution in [3.05, 3.63) is 42.5 Å². The van der Waals surface area contributed by atoms with Crippen LogP contribution in [-0.2, 0) is 0 Å². The van der Waals surface area contributed by atoms with Crippen molar-refractivity contribution < 1.29 is 9.21 Å². The summed E-state index contributed by atoms with van der Waals surface area (Å²) < 4.78 is 5.02. The Labute approximate surface area is 118 Å². The molecular weight excluding hydrogens is 254 g/mol. The summed E-state index contributed by atoms with van der Waals surface area (Å²) in [6, 6.07) is 6.95. The fourth-order valence-corrected chi connectivity index (χ4v) is 1.77. The molecule has 0 aliphatic carbocycles. The van der Waals surface area contributed by atoms with Crippen LogP contribution in [0.3, 0.4) is 0 Å². The van der Waals surface area contributed by atoms with Crippen molar-refractivity contribution in [1.82, 2.24) is 4.98 Å². The average Bonchev–Trinajstić information content (AvgIpc) is 3.00. The molecule has 2 rings (SSSR count). The number of nitrogens with zero attached hydrogens (tertiary/aromatic N) is 1. The lowest BCUT2D eigenvalue weighted by Gasteiger charge is -2.07. The van der Waals surface area contributed by atoms with Crippen molar-refractivity contribution in [1.29, 1.82) is 0 Å². The van der Waals surface area contributed by atoms with Crippen LogP contribution < -0.4 is 10.6 Å². The Kier molecular flexibility index (Phi) is 5.17. The van der Waals surface area contributed by atoms with Gasteiger partial charge in [0.15, 0.2) is 5.76 Å². The molecule has 0 spiro atoms. The third-order valence-corrected chi connectivity index (χ3v) is 2.86. The van der Waals surface area contributed by atoms with Gasteiger partial charge in [0.05, 0.1) is 18.1 Å². The maximum Gasteiger partial charge on any atom is 0.292 e. The van der Waals surface area contributed by atoms with E-state index in [2.05, 4.69) is 22.5 Å². The lowest BCUT2D eigenvalue weighted by molar-refractivity contribution is 0.0996. The molecule has 0 aliphatic heterocycles. The maximum atomic E-state index is 11.7. The molecule has 0 radical (unpaired) electrons. The second-order valence-corrected chi connectivity index (χ2v) is 4.50. The number of nitrogens with one attached hydrogen (secondary N) is 2. The molecule has 2 aromatic rings. The standard InChI is InChI=1S/C15H19N3O2/c1-2-3-4-9-16-12-7-8-14(17-11-12)18-15(19)13-6-5-10-20-13/h5-8,10-11,16H,2-4,9H2,1H3,(H,17,18,19). The molecule has 1 amide bonds. The van der Waals surface area contributed by atoms with Gasteiger partial charge in [0.1, 0.15) is 5.82 Å². The predicted molar refractivity (Wildman–Crippen MR) is 78.9 cm³/mol. The summed E-state index contributed by atoms with van der Waals surface area (Å²) in [4.78, 5) is 15.9. The van der Waals surface area contributed by atoms with Crippen molar-refractivity contribution in [3.8, 4) is 0 Å². The summed E-state index contributed by atoms with van der Waals surface area (Å²) in [5.74, 6) is 0.477. The number of hydrogen-bond acceptors (Lipinski definition) is 4. The highest BCUT2D eigenvalue weighted by atomic mass is 16.3. The number of unbranched alkanes of at least 4 members (excludes halogenated alkanes) is 2. The van der Waals surface area contributed by atoms with Crippen LogP contribution in [-0.4, -0.2) is 17.4 Å². The number of anilines is 2. The van der Waals surface area contributed by atoms with E-state index in [1.165, 1.54) is 19.1 Å². The van der Waals surface area contributed by atoms with Gasteiger partial charge in [0.2, 0.25) is 0 Å². The third kappa shape index (κ3) is 4.12. The van der Waals surface area contributed by atoms with Gasteiger partial charge in [-0.1, -0.05) is 19.8 Å². The van der Waals surface area contributed by atoms with Gasteiger partial charge in [-0.25, -0.2) is 4.98 Å². The lowest BCUT2D eigenvalue weighted by Crippen LogP contribution is -2.12. The van der Waals surface area contributed by atoms with Crippen LogP contribution in [0.4, 0.5) is 11.5 Å². The van der Waals surface area contributed by atoms with Gasteiger partial charge in [-0.3, -0.25) is 4.79 Å². The fourth-order valence-electron chi connectivity index (χ4n) is 1.77. The molecule has 0 bridgehead atoms. The summed E-state index contributed by atoms with van der Waals surface area (Å²) in [5.41, 5.74) is 0.956. The topological polar surface area (TPSA) is 67.2 Å². The Morgan fingerprint density at radius 3 is 2.85 bits per heavy atom. The van der Waals surface area contributed by atoms with Gasteiger partial charge in [-0.2, -0.15) is 0 Å². The van der Waals surface area contributed by atoms with E-state index >= 15 is 0 Å². The molecule has 0 unspecified atom stereocenters. The van der Waals surface area contributed by atoms with Crippen molar-refractivity contribution >= 4 is 17.4 Å². The zero-order chi connectivity index (χ0) is 14.2. The van der Waals surface area contributed by atoms with E-state index in [1.54, 1.807) is 24.4 Å². The van der Waals surface area contributed by atoms with Crippen molar-refractivity contribution in [2.45, 2.75) is 26.2 Å². The second kappa shape index (κ2) is 7.33. The lowest BCUT2D eigenvalue weighted by atomic mass is 10.2. The van der Waals surface area contributed by atoms with Crippen LogP contribution in [0.15, 0.2) is 41.1 Å². The first-order valence-electron chi connectivity index (χ1n) is 6.84. The van der Waals surface area contributed by atoms with Crippen LogP contribution in [0.1, 0.15) is 36.7 Å². The highest BCUT2D eigenvalue weighted by molar-refractivity contribution is 6.01. The average molecular weight is 273 g/mol. The van der Waals surface area contributed by atoms with Crippen LogP contribution in [0, 0.1) is 0 Å². The van der Waals surface area contributed by atoms with Crippen LogP contribution in [0.5, 0.6) is 0 Å². The van der Waals surface area contributed by atoms with Crippen LogP contribution >= 0.6 is 0 Å². The van der Waals surface area contributed by atoms with Gasteiger partial charge in [0, 0.05) is 6.54 Å². The van der Waals surface area contributed by atoms with E-state index in [-0.39, 0.29) is 11.7 Å². The van der Waals surface area contributed by atoms with Gasteiger partial charge in [0.25, 0.3) is 5.91 Å². The first-order valence-corrected chi connectivity index (χ1v) is 6.84. The van der Waals surface area contributed by atoms with Crippen molar-refractivity contribution in [2.24, 2.45) is 0 Å². The molecule has 2 aromatic heterocycles. The third-order valence-electron chi connectivity index (χ3n) is 2.86. The number of hydrogen-bond donors (Lipinski definition) is 2. The molecule has 0 saturated heterocycles. The Bertz CT molecular complexity index is 521. The van der Waals surface area contributed by atoms with Crippen molar-refractivity contribution in [3.63, 3.8) is 0 Å². The number of amides is 1. The van der Waals surface area contributed by atoms with Gasteiger partial charge < -0.3 is 15.1 Å². The zero-order valence-corrected chi connectivity index (χ0v) is 11.6. The Morgan fingerprint density at radius 2 is 2.20 bits per heavy atom. The molecule has 2 N–H and O–H groups in total. The molecule has 2 heterocycles. The predicted octanol–water partition coefficient (Wildman–Crippen LogP) is 3.53. The largest absolute Gasteiger partial charge is 0.459 e. The van der Waals surface area contributed by atoms with E-state index in [0.717, 1.165) is 18.7 Å². The Hall–Kier alpha value is -2.30. The quantitative estimate of drug-likeness (QED) is 0.757. The first kappa shape index (κ1) is 14.1. The highest BCUT2D eigenvalue weighted by Gasteiger charge is 2.08. The van der Waals surface area contributed by atoms with E-state index < -0.39 is 0 Å². The van der Waals surface area contributed by atoms with Crippen LogP contribution in [0.2, 0.25) is 0 Å². The van der Waals surface area contributed by atoms with Gasteiger partial charge >= 0.3 is 0 Å². The smallest absolute Gasteiger partial charge is 0.292 e.